The van der Waals surface area contributed by atoms with Crippen LogP contribution in [-0.4, -0.2) is 21.2 Å². The molecule has 156 valence electrons. The molecule has 1 atom stereocenters. The van der Waals surface area contributed by atoms with Crippen molar-refractivity contribution in [3.63, 3.8) is 0 Å². The average molecular weight is 407 g/mol. The fraction of sp³-hybridized carbons (Fsp3) is 0.348. The number of fused-ring (bicyclic) bond motifs is 1. The molecule has 0 bridgehead atoms. The first-order chi connectivity index (χ1) is 14.3. The van der Waals surface area contributed by atoms with E-state index in [1.807, 2.05) is 38.1 Å². The van der Waals surface area contributed by atoms with E-state index in [0.717, 1.165) is 42.4 Å². The number of nitrogens with one attached hydrogen (secondary N) is 2. The highest BCUT2D eigenvalue weighted by Gasteiger charge is 2.23. The van der Waals surface area contributed by atoms with Gasteiger partial charge in [-0.05, 0) is 96.6 Å². The molecule has 1 amide bonds. The van der Waals surface area contributed by atoms with Gasteiger partial charge in [-0.1, -0.05) is 13.0 Å². The number of benzene rings is 2. The molecule has 2 aromatic carbocycles. The van der Waals surface area contributed by atoms with E-state index >= 15 is 0 Å². The molecule has 0 unspecified atom stereocenters. The van der Waals surface area contributed by atoms with Gasteiger partial charge in [-0.25, -0.2) is 4.79 Å². The van der Waals surface area contributed by atoms with Crippen molar-refractivity contribution in [1.82, 2.24) is 10.1 Å². The van der Waals surface area contributed by atoms with Crippen molar-refractivity contribution in [2.45, 2.75) is 52.4 Å². The summed E-state index contributed by atoms with van der Waals surface area (Å²) >= 11 is 0. The quantitative estimate of drug-likeness (QED) is 0.606. The number of aromatic hydroxyl groups is 1. The number of hydrogen-bond acceptors (Lipinski definition) is 5. The number of phenols is 1. The molecular formula is C23H25N3O4. The molecule has 1 heterocycles. The normalized spacial score (nSPS) is 15.6. The number of carbonyl (C=O) groups is 1. The molecule has 7 heteroatoms. The van der Waals surface area contributed by atoms with Crippen LogP contribution >= 0.6 is 0 Å². The van der Waals surface area contributed by atoms with Crippen LogP contribution in [0.1, 0.15) is 69.7 Å². The lowest BCUT2D eigenvalue weighted by atomic mass is 9.79. The fourth-order valence-electron chi connectivity index (χ4n) is 4.49. The Labute approximate surface area is 174 Å². The molecule has 0 spiro atoms. The molecule has 1 aliphatic carbocycles. The van der Waals surface area contributed by atoms with Gasteiger partial charge in [-0.15, -0.1) is 0 Å². The van der Waals surface area contributed by atoms with E-state index in [0.29, 0.717) is 17.4 Å². The first kappa shape index (κ1) is 19.9. The van der Waals surface area contributed by atoms with Gasteiger partial charge < -0.3 is 10.4 Å². The maximum Gasteiger partial charge on any atom is 0.439 e. The van der Waals surface area contributed by atoms with Crippen LogP contribution in [-0.2, 0) is 12.8 Å². The number of rotatable bonds is 4. The van der Waals surface area contributed by atoms with Crippen LogP contribution in [0.4, 0.5) is 5.69 Å². The van der Waals surface area contributed by atoms with E-state index in [9.17, 15) is 14.7 Å². The molecule has 0 aliphatic heterocycles. The number of amides is 1. The lowest BCUT2D eigenvalue weighted by Crippen LogP contribution is -2.15. The maximum atomic E-state index is 12.2. The van der Waals surface area contributed by atoms with Gasteiger partial charge >= 0.3 is 5.76 Å². The predicted octanol–water partition coefficient (Wildman–Crippen LogP) is 3.97. The van der Waals surface area contributed by atoms with Crippen LogP contribution in [0.25, 0.3) is 0 Å². The Morgan fingerprint density at radius 1 is 1.30 bits per heavy atom. The lowest BCUT2D eigenvalue weighted by molar-refractivity contribution is 0.101. The molecule has 1 aliphatic rings. The van der Waals surface area contributed by atoms with E-state index in [1.165, 1.54) is 16.7 Å². The Morgan fingerprint density at radius 3 is 2.70 bits per heavy atom. The van der Waals surface area contributed by atoms with Crippen molar-refractivity contribution in [2.24, 2.45) is 0 Å². The SMILES string of the molecule is Cc1cc(NC(=O)c2noc(=O)[nH]2)cc(C)c1Cc1ccc(O)c2c1CCC[C@H]2C. The summed E-state index contributed by atoms with van der Waals surface area (Å²) in [5, 5.41) is 16.5. The number of anilines is 1. The van der Waals surface area contributed by atoms with Crippen LogP contribution in [0.2, 0.25) is 0 Å². The van der Waals surface area contributed by atoms with Crippen molar-refractivity contribution in [3.05, 3.63) is 74.0 Å². The smallest absolute Gasteiger partial charge is 0.439 e. The zero-order chi connectivity index (χ0) is 21.4. The number of phenolic OH excluding ortho intramolecular Hbond substituents is 1. The molecule has 0 saturated heterocycles. The Bertz CT molecular complexity index is 1150. The van der Waals surface area contributed by atoms with Gasteiger partial charge in [-0.2, -0.15) is 0 Å². The summed E-state index contributed by atoms with van der Waals surface area (Å²) in [5.74, 6) is -0.692. The van der Waals surface area contributed by atoms with Gasteiger partial charge in [0, 0.05) is 11.3 Å². The van der Waals surface area contributed by atoms with Gasteiger partial charge in [0.2, 0.25) is 5.82 Å². The zero-order valence-corrected chi connectivity index (χ0v) is 17.3. The van der Waals surface area contributed by atoms with Gasteiger partial charge in [0.1, 0.15) is 5.75 Å². The van der Waals surface area contributed by atoms with Crippen LogP contribution in [0.3, 0.4) is 0 Å². The van der Waals surface area contributed by atoms with E-state index < -0.39 is 11.7 Å². The van der Waals surface area contributed by atoms with Crippen molar-refractivity contribution in [1.29, 1.82) is 0 Å². The van der Waals surface area contributed by atoms with Crippen molar-refractivity contribution >= 4 is 11.6 Å². The third-order valence-corrected chi connectivity index (χ3v) is 5.96. The molecule has 7 nitrogen and oxygen atoms in total. The number of aryl methyl sites for hydroxylation is 2. The predicted molar refractivity (Wildman–Crippen MR) is 113 cm³/mol. The number of aromatic nitrogens is 2. The Hall–Kier alpha value is -3.35. The summed E-state index contributed by atoms with van der Waals surface area (Å²) in [7, 11) is 0. The second kappa shape index (κ2) is 7.82. The Balaban J connectivity index is 1.61. The highest BCUT2D eigenvalue weighted by atomic mass is 16.5. The van der Waals surface area contributed by atoms with Crippen LogP contribution in [0.15, 0.2) is 33.6 Å². The molecule has 0 saturated carbocycles. The Morgan fingerprint density at radius 2 is 2.03 bits per heavy atom. The van der Waals surface area contributed by atoms with E-state index in [4.69, 9.17) is 0 Å². The average Bonchev–Trinajstić information content (AvgIpc) is 3.13. The molecule has 3 aromatic rings. The first-order valence-electron chi connectivity index (χ1n) is 10.1. The number of carbonyl (C=O) groups excluding carboxylic acids is 1. The standard InChI is InChI=1S/C23H25N3O4/c1-12-5-4-6-17-15(7-8-19(27)20(12)17)11-18-13(2)9-16(10-14(18)3)24-22(28)21-25-23(29)30-26-21/h7-10,12,27H,4-6,11H2,1-3H3,(H,24,28)(H,25,26,29)/t12-/m1/s1. The Kier molecular flexibility index (Phi) is 5.20. The summed E-state index contributed by atoms with van der Waals surface area (Å²) < 4.78 is 4.38. The number of aromatic amines is 1. The number of H-pyrrole nitrogens is 1. The van der Waals surface area contributed by atoms with E-state index in [1.54, 1.807) is 0 Å². The molecule has 0 fully saturated rings. The van der Waals surface area contributed by atoms with Gasteiger partial charge in [0.25, 0.3) is 5.91 Å². The van der Waals surface area contributed by atoms with Gasteiger partial charge in [0.15, 0.2) is 0 Å². The van der Waals surface area contributed by atoms with Crippen molar-refractivity contribution in [3.8, 4) is 5.75 Å². The van der Waals surface area contributed by atoms with Crippen molar-refractivity contribution < 1.29 is 14.4 Å². The van der Waals surface area contributed by atoms with Crippen molar-refractivity contribution in [2.75, 3.05) is 5.32 Å². The van der Waals surface area contributed by atoms with Gasteiger partial charge in [-0.3, -0.25) is 14.3 Å². The fourth-order valence-corrected chi connectivity index (χ4v) is 4.49. The highest BCUT2D eigenvalue weighted by molar-refractivity contribution is 6.01. The molecule has 30 heavy (non-hydrogen) atoms. The van der Waals surface area contributed by atoms with Crippen LogP contribution < -0.4 is 11.1 Å². The summed E-state index contributed by atoms with van der Waals surface area (Å²) in [4.78, 5) is 25.5. The summed E-state index contributed by atoms with van der Waals surface area (Å²) in [6, 6.07) is 7.66. The minimum absolute atomic E-state index is 0.163. The van der Waals surface area contributed by atoms with E-state index in [2.05, 4.69) is 26.9 Å². The third kappa shape index (κ3) is 3.75. The molecule has 4 rings (SSSR count). The van der Waals surface area contributed by atoms with E-state index in [-0.39, 0.29) is 5.82 Å². The molecular weight excluding hydrogens is 382 g/mol. The monoisotopic (exact) mass is 407 g/mol. The number of hydrogen-bond donors (Lipinski definition) is 3. The summed E-state index contributed by atoms with van der Waals surface area (Å²) in [6.07, 6.45) is 4.01. The van der Waals surface area contributed by atoms with Crippen LogP contribution in [0, 0.1) is 13.8 Å². The topological polar surface area (TPSA) is 108 Å². The summed E-state index contributed by atoms with van der Waals surface area (Å²) in [5.41, 5.74) is 7.57. The minimum Gasteiger partial charge on any atom is -0.508 e. The third-order valence-electron chi connectivity index (χ3n) is 5.96. The van der Waals surface area contributed by atoms with Gasteiger partial charge in [0.05, 0.1) is 0 Å². The second-order valence-corrected chi connectivity index (χ2v) is 8.09. The summed E-state index contributed by atoms with van der Waals surface area (Å²) in [6.45, 7) is 6.22. The zero-order valence-electron chi connectivity index (χ0n) is 17.3. The first-order valence-corrected chi connectivity index (χ1v) is 10.1. The molecule has 3 N–H and O–H groups in total. The molecule has 0 radical (unpaired) electrons. The highest BCUT2D eigenvalue weighted by Crippen LogP contribution is 2.39. The maximum absolute atomic E-state index is 12.2. The largest absolute Gasteiger partial charge is 0.508 e. The minimum atomic E-state index is -0.769. The second-order valence-electron chi connectivity index (χ2n) is 8.09. The lowest BCUT2D eigenvalue weighted by Gasteiger charge is -2.26. The van der Waals surface area contributed by atoms with Crippen LogP contribution in [0.5, 0.6) is 5.75 Å². The molecule has 1 aromatic heterocycles. The number of nitrogens with zero attached hydrogens (tertiary/aromatic N) is 1.